The molecule has 1 unspecified atom stereocenters. The summed E-state index contributed by atoms with van der Waals surface area (Å²) in [6.45, 7) is 9.82. The van der Waals surface area contributed by atoms with Gasteiger partial charge in [-0.25, -0.2) is 0 Å². The van der Waals surface area contributed by atoms with Crippen LogP contribution in [0.4, 0.5) is 0 Å². The SMILES string of the molecule is Cc1ccc(C(O)CNCc2cc(C)c(C)cc2C)cc1. The minimum Gasteiger partial charge on any atom is -0.387 e. The first kappa shape index (κ1) is 15.7. The largest absolute Gasteiger partial charge is 0.387 e. The van der Waals surface area contributed by atoms with Gasteiger partial charge in [0.2, 0.25) is 0 Å². The fourth-order valence-corrected chi connectivity index (χ4v) is 2.46. The van der Waals surface area contributed by atoms with E-state index in [0.29, 0.717) is 6.54 Å². The van der Waals surface area contributed by atoms with Gasteiger partial charge >= 0.3 is 0 Å². The molecule has 0 saturated carbocycles. The Morgan fingerprint density at radius 1 is 0.905 bits per heavy atom. The summed E-state index contributed by atoms with van der Waals surface area (Å²) in [4.78, 5) is 0. The zero-order valence-electron chi connectivity index (χ0n) is 13.4. The van der Waals surface area contributed by atoms with E-state index in [1.54, 1.807) is 0 Å². The first-order valence-corrected chi connectivity index (χ1v) is 7.49. The smallest absolute Gasteiger partial charge is 0.0914 e. The highest BCUT2D eigenvalue weighted by Gasteiger charge is 2.07. The molecule has 2 aromatic rings. The van der Waals surface area contributed by atoms with Gasteiger partial charge in [-0.1, -0.05) is 42.0 Å². The van der Waals surface area contributed by atoms with Crippen LogP contribution >= 0.6 is 0 Å². The predicted octanol–water partition coefficient (Wildman–Crippen LogP) is 3.74. The van der Waals surface area contributed by atoms with Crippen LogP contribution in [0.5, 0.6) is 0 Å². The average Bonchev–Trinajstić information content (AvgIpc) is 2.45. The molecule has 2 aromatic carbocycles. The summed E-state index contributed by atoms with van der Waals surface area (Å²) in [7, 11) is 0. The maximum absolute atomic E-state index is 10.2. The van der Waals surface area contributed by atoms with E-state index < -0.39 is 6.10 Å². The summed E-state index contributed by atoms with van der Waals surface area (Å²) in [6.07, 6.45) is -0.461. The lowest BCUT2D eigenvalue weighted by Crippen LogP contribution is -2.21. The van der Waals surface area contributed by atoms with Gasteiger partial charge in [0.25, 0.3) is 0 Å². The van der Waals surface area contributed by atoms with Crippen molar-refractivity contribution in [3.63, 3.8) is 0 Å². The quantitative estimate of drug-likeness (QED) is 0.876. The van der Waals surface area contributed by atoms with E-state index in [0.717, 1.165) is 12.1 Å². The molecule has 2 heteroatoms. The highest BCUT2D eigenvalue weighted by atomic mass is 16.3. The van der Waals surface area contributed by atoms with Gasteiger partial charge in [-0.2, -0.15) is 0 Å². The molecule has 112 valence electrons. The molecule has 0 aliphatic carbocycles. The van der Waals surface area contributed by atoms with E-state index in [1.807, 2.05) is 24.3 Å². The van der Waals surface area contributed by atoms with Crippen LogP contribution in [0.2, 0.25) is 0 Å². The molecule has 0 heterocycles. The van der Waals surface area contributed by atoms with Crippen molar-refractivity contribution in [2.45, 2.75) is 40.3 Å². The third kappa shape index (κ3) is 4.16. The van der Waals surface area contributed by atoms with Crippen LogP contribution in [0.3, 0.4) is 0 Å². The fraction of sp³-hybridized carbons (Fsp3) is 0.368. The van der Waals surface area contributed by atoms with Crippen molar-refractivity contribution in [2.75, 3.05) is 6.54 Å². The normalized spacial score (nSPS) is 12.4. The molecular weight excluding hydrogens is 258 g/mol. The van der Waals surface area contributed by atoms with Gasteiger partial charge in [0, 0.05) is 13.1 Å². The predicted molar refractivity (Wildman–Crippen MR) is 88.5 cm³/mol. The third-order valence-corrected chi connectivity index (χ3v) is 4.07. The van der Waals surface area contributed by atoms with Crippen molar-refractivity contribution < 1.29 is 5.11 Å². The van der Waals surface area contributed by atoms with Crippen molar-refractivity contribution >= 4 is 0 Å². The van der Waals surface area contributed by atoms with Crippen LogP contribution in [0, 0.1) is 27.7 Å². The number of rotatable bonds is 5. The summed E-state index contributed by atoms with van der Waals surface area (Å²) in [6, 6.07) is 12.5. The van der Waals surface area contributed by atoms with E-state index in [2.05, 4.69) is 45.1 Å². The van der Waals surface area contributed by atoms with Gasteiger partial charge < -0.3 is 10.4 Å². The zero-order valence-corrected chi connectivity index (χ0v) is 13.4. The third-order valence-electron chi connectivity index (χ3n) is 4.07. The molecule has 0 bridgehead atoms. The summed E-state index contributed by atoms with van der Waals surface area (Å²) >= 11 is 0. The molecule has 0 amide bonds. The van der Waals surface area contributed by atoms with Crippen LogP contribution in [0.25, 0.3) is 0 Å². The standard InChI is InChI=1S/C19H25NO/c1-13-5-7-17(8-6-13)19(21)12-20-11-18-10-15(3)14(2)9-16(18)4/h5-10,19-21H,11-12H2,1-4H3. The number of nitrogens with one attached hydrogen (secondary N) is 1. The van der Waals surface area contributed by atoms with Crippen LogP contribution in [0.1, 0.15) is 39.5 Å². The number of hydrogen-bond acceptors (Lipinski definition) is 2. The Kier molecular flexibility index (Phi) is 5.16. The van der Waals surface area contributed by atoms with E-state index in [-0.39, 0.29) is 0 Å². The Hall–Kier alpha value is -1.64. The minimum atomic E-state index is -0.461. The second-order valence-corrected chi connectivity index (χ2v) is 5.92. The molecule has 0 aromatic heterocycles. The lowest BCUT2D eigenvalue weighted by Gasteiger charge is -2.14. The fourth-order valence-electron chi connectivity index (χ4n) is 2.46. The van der Waals surface area contributed by atoms with E-state index >= 15 is 0 Å². The average molecular weight is 283 g/mol. The van der Waals surface area contributed by atoms with E-state index in [9.17, 15) is 5.11 Å². The van der Waals surface area contributed by atoms with Crippen molar-refractivity contribution in [3.05, 3.63) is 69.8 Å². The molecule has 0 aliphatic rings. The second kappa shape index (κ2) is 6.88. The maximum atomic E-state index is 10.2. The number of aliphatic hydroxyl groups is 1. The number of aryl methyl sites for hydroxylation is 4. The second-order valence-electron chi connectivity index (χ2n) is 5.92. The number of hydrogen-bond donors (Lipinski definition) is 2. The van der Waals surface area contributed by atoms with Crippen LogP contribution in [-0.4, -0.2) is 11.7 Å². The Morgan fingerprint density at radius 2 is 1.52 bits per heavy atom. The molecule has 2 nitrogen and oxygen atoms in total. The number of benzene rings is 2. The van der Waals surface area contributed by atoms with Crippen LogP contribution in [-0.2, 0) is 6.54 Å². The van der Waals surface area contributed by atoms with Crippen molar-refractivity contribution in [2.24, 2.45) is 0 Å². The summed E-state index contributed by atoms with van der Waals surface area (Å²) in [5.41, 5.74) is 7.42. The first-order chi connectivity index (χ1) is 9.97. The molecule has 2 rings (SSSR count). The van der Waals surface area contributed by atoms with Gasteiger partial charge in [-0.05, 0) is 55.5 Å². The lowest BCUT2D eigenvalue weighted by molar-refractivity contribution is 0.174. The van der Waals surface area contributed by atoms with Gasteiger partial charge in [-0.15, -0.1) is 0 Å². The Bertz CT molecular complexity index is 602. The maximum Gasteiger partial charge on any atom is 0.0914 e. The van der Waals surface area contributed by atoms with Gasteiger partial charge in [0.1, 0.15) is 0 Å². The van der Waals surface area contributed by atoms with E-state index in [1.165, 1.54) is 27.8 Å². The first-order valence-electron chi connectivity index (χ1n) is 7.49. The molecule has 0 aliphatic heterocycles. The van der Waals surface area contributed by atoms with Gasteiger partial charge in [0.05, 0.1) is 6.10 Å². The summed E-state index contributed by atoms with van der Waals surface area (Å²) in [5, 5.41) is 13.5. The minimum absolute atomic E-state index is 0.461. The Morgan fingerprint density at radius 3 is 2.19 bits per heavy atom. The summed E-state index contributed by atoms with van der Waals surface area (Å²) < 4.78 is 0. The molecule has 21 heavy (non-hydrogen) atoms. The molecule has 0 fully saturated rings. The van der Waals surface area contributed by atoms with Crippen molar-refractivity contribution in [3.8, 4) is 0 Å². The lowest BCUT2D eigenvalue weighted by atomic mass is 10.0. The Labute approximate surface area is 127 Å². The van der Waals surface area contributed by atoms with Crippen LogP contribution < -0.4 is 5.32 Å². The molecule has 2 N–H and O–H groups in total. The highest BCUT2D eigenvalue weighted by molar-refractivity contribution is 5.36. The molecule has 1 atom stereocenters. The zero-order chi connectivity index (χ0) is 15.4. The molecular formula is C19H25NO. The van der Waals surface area contributed by atoms with E-state index in [4.69, 9.17) is 0 Å². The van der Waals surface area contributed by atoms with Gasteiger partial charge in [0.15, 0.2) is 0 Å². The highest BCUT2D eigenvalue weighted by Crippen LogP contribution is 2.16. The van der Waals surface area contributed by atoms with Gasteiger partial charge in [-0.3, -0.25) is 0 Å². The summed E-state index contributed by atoms with van der Waals surface area (Å²) in [5.74, 6) is 0. The number of aliphatic hydroxyl groups excluding tert-OH is 1. The molecule has 0 spiro atoms. The topological polar surface area (TPSA) is 32.3 Å². The monoisotopic (exact) mass is 283 g/mol. The molecule has 0 saturated heterocycles. The van der Waals surface area contributed by atoms with Crippen molar-refractivity contribution in [1.82, 2.24) is 5.32 Å². The van der Waals surface area contributed by atoms with Crippen molar-refractivity contribution in [1.29, 1.82) is 0 Å². The van der Waals surface area contributed by atoms with Crippen LogP contribution in [0.15, 0.2) is 36.4 Å². The molecule has 0 radical (unpaired) electrons. The Balaban J connectivity index is 1.92.